The van der Waals surface area contributed by atoms with Gasteiger partial charge in [-0.1, -0.05) is 12.1 Å². The van der Waals surface area contributed by atoms with Crippen molar-refractivity contribution in [3.8, 4) is 0 Å². The summed E-state index contributed by atoms with van der Waals surface area (Å²) in [6.07, 6.45) is 0.685. The minimum atomic E-state index is 0. The molecule has 5 nitrogen and oxygen atoms in total. The Morgan fingerprint density at radius 1 is 1.06 bits per heavy atom. The fourth-order valence-corrected chi connectivity index (χ4v) is 1.22. The van der Waals surface area contributed by atoms with E-state index in [1.54, 1.807) is 0 Å². The van der Waals surface area contributed by atoms with Crippen LogP contribution in [0, 0.1) is 0 Å². The van der Waals surface area contributed by atoms with Crippen molar-refractivity contribution >= 4 is 36.4 Å². The van der Waals surface area contributed by atoms with Gasteiger partial charge in [0.2, 0.25) is 5.95 Å². The van der Waals surface area contributed by atoms with Gasteiger partial charge in [-0.2, -0.15) is 4.98 Å². The summed E-state index contributed by atoms with van der Waals surface area (Å²) in [7, 11) is 0. The Bertz CT molecular complexity index is 426. The molecule has 2 aromatic rings. The summed E-state index contributed by atoms with van der Waals surface area (Å²) >= 11 is 0. The molecule has 0 bridgehead atoms. The number of benzene rings is 1. The van der Waals surface area contributed by atoms with Crippen molar-refractivity contribution in [2.45, 2.75) is 6.42 Å². The number of H-pyrrole nitrogens is 1. The van der Waals surface area contributed by atoms with Crippen molar-refractivity contribution in [2.24, 2.45) is 0 Å². The fraction of sp³-hybridized carbons (Fsp3) is 0.111. The van der Waals surface area contributed by atoms with Gasteiger partial charge >= 0.3 is 0 Å². The van der Waals surface area contributed by atoms with E-state index in [0.717, 1.165) is 17.1 Å². The number of nitrogens with one attached hydrogen (secondary N) is 1. The second kappa shape index (κ2) is 6.19. The molecule has 1 aromatic carbocycles. The van der Waals surface area contributed by atoms with E-state index < -0.39 is 0 Å². The van der Waals surface area contributed by atoms with Crippen LogP contribution in [0.1, 0.15) is 11.4 Å². The summed E-state index contributed by atoms with van der Waals surface area (Å²) in [6, 6.07) is 7.62. The number of aromatic nitrogens is 3. The lowest BCUT2D eigenvalue weighted by Gasteiger charge is -1.97. The van der Waals surface area contributed by atoms with Crippen LogP contribution in [0.3, 0.4) is 0 Å². The number of aromatic amines is 1. The average Bonchev–Trinajstić information content (AvgIpc) is 2.56. The highest BCUT2D eigenvalue weighted by Gasteiger charge is 2.00. The van der Waals surface area contributed by atoms with Gasteiger partial charge in [0.1, 0.15) is 5.82 Å². The molecule has 0 amide bonds. The molecule has 0 radical (unpaired) electrons. The van der Waals surface area contributed by atoms with Crippen LogP contribution < -0.4 is 11.5 Å². The third kappa shape index (κ3) is 3.60. The molecule has 0 aliphatic heterocycles. The van der Waals surface area contributed by atoms with E-state index in [1.807, 2.05) is 24.3 Å². The first-order chi connectivity index (χ1) is 6.74. The predicted molar refractivity (Wildman–Crippen MR) is 69.0 cm³/mol. The number of nitrogen functional groups attached to an aromatic ring is 2. The number of halogens is 2. The summed E-state index contributed by atoms with van der Waals surface area (Å²) in [6.45, 7) is 0. The molecular formula is C9H13Cl2N5. The van der Waals surface area contributed by atoms with Crippen molar-refractivity contribution in [3.63, 3.8) is 0 Å². The highest BCUT2D eigenvalue weighted by Crippen LogP contribution is 2.09. The fourth-order valence-electron chi connectivity index (χ4n) is 1.22. The second-order valence-electron chi connectivity index (χ2n) is 3.06. The third-order valence-corrected chi connectivity index (χ3v) is 1.90. The second-order valence-corrected chi connectivity index (χ2v) is 3.06. The zero-order valence-corrected chi connectivity index (χ0v) is 10.0. The SMILES string of the molecule is Cl.Cl.Nc1ccc(Cc2nc(N)n[nH]2)cc1. The minimum absolute atomic E-state index is 0. The Kier molecular flexibility index (Phi) is 5.63. The van der Waals surface area contributed by atoms with Crippen LogP contribution in [0.15, 0.2) is 24.3 Å². The van der Waals surface area contributed by atoms with Crippen LogP contribution in [0.5, 0.6) is 0 Å². The van der Waals surface area contributed by atoms with E-state index in [-0.39, 0.29) is 30.8 Å². The lowest BCUT2D eigenvalue weighted by atomic mass is 10.1. The van der Waals surface area contributed by atoms with Crippen molar-refractivity contribution in [1.29, 1.82) is 0 Å². The van der Waals surface area contributed by atoms with Crippen LogP contribution in [-0.2, 0) is 6.42 Å². The maximum atomic E-state index is 5.57. The van der Waals surface area contributed by atoms with Crippen LogP contribution in [0.2, 0.25) is 0 Å². The summed E-state index contributed by atoms with van der Waals surface area (Å²) in [4.78, 5) is 4.01. The topological polar surface area (TPSA) is 93.6 Å². The molecule has 1 heterocycles. The number of hydrogen-bond acceptors (Lipinski definition) is 4. The van der Waals surface area contributed by atoms with E-state index in [4.69, 9.17) is 11.5 Å². The minimum Gasteiger partial charge on any atom is -0.399 e. The van der Waals surface area contributed by atoms with Gasteiger partial charge in [0.05, 0.1) is 0 Å². The molecule has 88 valence electrons. The van der Waals surface area contributed by atoms with Crippen molar-refractivity contribution in [3.05, 3.63) is 35.7 Å². The molecule has 0 spiro atoms. The number of rotatable bonds is 2. The number of hydrogen-bond donors (Lipinski definition) is 3. The van der Waals surface area contributed by atoms with Gasteiger partial charge in [0.15, 0.2) is 0 Å². The number of nitrogens with two attached hydrogens (primary N) is 2. The van der Waals surface area contributed by atoms with Crippen molar-refractivity contribution < 1.29 is 0 Å². The molecule has 0 saturated heterocycles. The molecule has 0 saturated carbocycles. The molecule has 0 aliphatic carbocycles. The van der Waals surface area contributed by atoms with E-state index in [1.165, 1.54) is 0 Å². The zero-order chi connectivity index (χ0) is 9.97. The number of nitrogens with zero attached hydrogens (tertiary/aromatic N) is 2. The molecule has 0 atom stereocenters. The zero-order valence-electron chi connectivity index (χ0n) is 8.38. The molecule has 16 heavy (non-hydrogen) atoms. The highest BCUT2D eigenvalue weighted by molar-refractivity contribution is 5.85. The number of anilines is 2. The first kappa shape index (κ1) is 14.5. The van der Waals surface area contributed by atoms with Crippen molar-refractivity contribution in [1.82, 2.24) is 15.2 Å². The summed E-state index contributed by atoms with van der Waals surface area (Å²) < 4.78 is 0. The van der Waals surface area contributed by atoms with E-state index >= 15 is 0 Å². The molecule has 5 N–H and O–H groups in total. The Morgan fingerprint density at radius 2 is 1.69 bits per heavy atom. The largest absolute Gasteiger partial charge is 0.399 e. The Hall–Kier alpha value is -1.46. The van der Waals surface area contributed by atoms with Gasteiger partial charge in [-0.25, -0.2) is 0 Å². The third-order valence-electron chi connectivity index (χ3n) is 1.90. The quantitative estimate of drug-likeness (QED) is 0.713. The van der Waals surface area contributed by atoms with Crippen LogP contribution in [0.25, 0.3) is 0 Å². The Morgan fingerprint density at radius 3 is 2.19 bits per heavy atom. The lowest BCUT2D eigenvalue weighted by Crippen LogP contribution is -1.92. The van der Waals surface area contributed by atoms with Crippen LogP contribution in [0.4, 0.5) is 11.6 Å². The first-order valence-corrected chi connectivity index (χ1v) is 4.25. The Balaban J connectivity index is 0.00000112. The maximum Gasteiger partial charge on any atom is 0.239 e. The van der Waals surface area contributed by atoms with Gasteiger partial charge in [-0.05, 0) is 17.7 Å². The molecular weight excluding hydrogens is 249 g/mol. The molecule has 0 fully saturated rings. The standard InChI is InChI=1S/C9H11N5.2ClH/c10-7-3-1-6(2-4-7)5-8-12-9(11)14-13-8;;/h1-4H,5,10H2,(H3,11,12,13,14);2*1H. The Labute approximate surface area is 105 Å². The molecule has 2 rings (SSSR count). The van der Waals surface area contributed by atoms with Gasteiger partial charge in [0, 0.05) is 12.1 Å². The molecule has 0 aliphatic rings. The van der Waals surface area contributed by atoms with Gasteiger partial charge in [0.25, 0.3) is 0 Å². The summed E-state index contributed by atoms with van der Waals surface area (Å²) in [5, 5.41) is 6.50. The smallest absolute Gasteiger partial charge is 0.239 e. The summed E-state index contributed by atoms with van der Waals surface area (Å²) in [5.74, 6) is 1.03. The monoisotopic (exact) mass is 261 g/mol. The van der Waals surface area contributed by atoms with E-state index in [0.29, 0.717) is 6.42 Å². The molecule has 0 unspecified atom stereocenters. The lowest BCUT2D eigenvalue weighted by molar-refractivity contribution is 0.973. The maximum absolute atomic E-state index is 5.57. The molecule has 7 heteroatoms. The average molecular weight is 262 g/mol. The van der Waals surface area contributed by atoms with Crippen LogP contribution in [-0.4, -0.2) is 15.2 Å². The normalized spacial score (nSPS) is 9.00. The van der Waals surface area contributed by atoms with E-state index in [9.17, 15) is 0 Å². The van der Waals surface area contributed by atoms with Crippen molar-refractivity contribution in [2.75, 3.05) is 11.5 Å². The van der Waals surface area contributed by atoms with Gasteiger partial charge in [-0.3, -0.25) is 5.10 Å². The predicted octanol–water partition coefficient (Wildman–Crippen LogP) is 1.40. The highest BCUT2D eigenvalue weighted by atomic mass is 35.5. The van der Waals surface area contributed by atoms with E-state index in [2.05, 4.69) is 15.2 Å². The van der Waals surface area contributed by atoms with Gasteiger partial charge in [-0.15, -0.1) is 29.9 Å². The summed E-state index contributed by atoms with van der Waals surface area (Å²) in [5.41, 5.74) is 12.8. The van der Waals surface area contributed by atoms with Crippen LogP contribution >= 0.6 is 24.8 Å². The van der Waals surface area contributed by atoms with Gasteiger partial charge < -0.3 is 11.5 Å². The first-order valence-electron chi connectivity index (χ1n) is 4.25. The molecule has 1 aromatic heterocycles.